The van der Waals surface area contributed by atoms with Crippen molar-refractivity contribution in [1.82, 2.24) is 15.1 Å². The van der Waals surface area contributed by atoms with Gasteiger partial charge in [0.25, 0.3) is 0 Å². The number of amides is 1. The van der Waals surface area contributed by atoms with Crippen LogP contribution in [0.2, 0.25) is 10.0 Å². The molecule has 10 heteroatoms. The van der Waals surface area contributed by atoms with Crippen LogP contribution in [0.1, 0.15) is 11.3 Å². The van der Waals surface area contributed by atoms with E-state index in [9.17, 15) is 18.0 Å². The average molecular weight is 444 g/mol. The molecule has 3 aromatic rings. The van der Waals surface area contributed by atoms with Gasteiger partial charge in [0, 0.05) is 16.6 Å². The van der Waals surface area contributed by atoms with Crippen LogP contribution in [0.4, 0.5) is 18.0 Å². The standard InChI is InChI=1S/C19H14Cl2F3N3O2/c20-14-7-4-8-15(21)13(14)9-10-25-18(28)29-16-11-26-27(17(16)19(22,23)24)12-5-2-1-3-6-12/h1-8,11H,9-10H2,(H,25,28). The van der Waals surface area contributed by atoms with Crippen molar-refractivity contribution in [1.29, 1.82) is 0 Å². The monoisotopic (exact) mass is 443 g/mol. The van der Waals surface area contributed by atoms with Crippen LogP contribution in [0.15, 0.2) is 54.7 Å². The van der Waals surface area contributed by atoms with Crippen LogP contribution in [0.3, 0.4) is 0 Å². The third-order valence-corrected chi connectivity index (χ3v) is 4.62. The summed E-state index contributed by atoms with van der Waals surface area (Å²) < 4.78 is 46.1. The maximum absolute atomic E-state index is 13.5. The highest BCUT2D eigenvalue weighted by atomic mass is 35.5. The number of rotatable bonds is 5. The van der Waals surface area contributed by atoms with E-state index in [-0.39, 0.29) is 18.7 Å². The van der Waals surface area contributed by atoms with Crippen LogP contribution in [0, 0.1) is 0 Å². The molecule has 1 aromatic heterocycles. The van der Waals surface area contributed by atoms with Gasteiger partial charge in [0.2, 0.25) is 0 Å². The van der Waals surface area contributed by atoms with Gasteiger partial charge in [0.05, 0.1) is 11.9 Å². The minimum Gasteiger partial charge on any atom is -0.406 e. The van der Waals surface area contributed by atoms with Gasteiger partial charge in [-0.25, -0.2) is 9.48 Å². The van der Waals surface area contributed by atoms with Gasteiger partial charge < -0.3 is 10.1 Å². The van der Waals surface area contributed by atoms with Crippen molar-refractivity contribution in [2.75, 3.05) is 6.54 Å². The van der Waals surface area contributed by atoms with E-state index in [1.165, 1.54) is 12.1 Å². The molecule has 0 atom stereocenters. The van der Waals surface area contributed by atoms with E-state index < -0.39 is 23.7 Å². The molecule has 0 unspecified atom stereocenters. The molecule has 5 nitrogen and oxygen atoms in total. The summed E-state index contributed by atoms with van der Waals surface area (Å²) in [5, 5.41) is 6.95. The van der Waals surface area contributed by atoms with Gasteiger partial charge in [-0.2, -0.15) is 18.3 Å². The summed E-state index contributed by atoms with van der Waals surface area (Å²) in [6.45, 7) is 0.0659. The lowest BCUT2D eigenvalue weighted by molar-refractivity contribution is -0.143. The van der Waals surface area contributed by atoms with Crippen LogP contribution in [0.5, 0.6) is 5.75 Å². The van der Waals surface area contributed by atoms with Crippen molar-refractivity contribution in [3.63, 3.8) is 0 Å². The van der Waals surface area contributed by atoms with Gasteiger partial charge >= 0.3 is 12.3 Å². The number of hydrogen-bond acceptors (Lipinski definition) is 3. The van der Waals surface area contributed by atoms with Crippen molar-refractivity contribution in [3.05, 3.63) is 76.0 Å². The number of halogens is 5. The maximum Gasteiger partial charge on any atom is 0.437 e. The van der Waals surface area contributed by atoms with E-state index in [1.54, 1.807) is 36.4 Å². The number of carbonyl (C=O) groups is 1. The Kier molecular flexibility index (Phi) is 6.34. The first-order valence-corrected chi connectivity index (χ1v) is 9.12. The number of carbonyl (C=O) groups excluding carboxylic acids is 1. The van der Waals surface area contributed by atoms with Crippen LogP contribution in [-0.4, -0.2) is 22.4 Å². The zero-order chi connectivity index (χ0) is 21.0. The maximum atomic E-state index is 13.5. The molecule has 3 rings (SSSR count). The number of alkyl halides is 3. The number of hydrogen-bond donors (Lipinski definition) is 1. The summed E-state index contributed by atoms with van der Waals surface area (Å²) in [7, 11) is 0. The second-order valence-electron chi connectivity index (χ2n) is 5.87. The lowest BCUT2D eigenvalue weighted by Crippen LogP contribution is -2.29. The molecule has 0 aliphatic heterocycles. The Balaban J connectivity index is 1.71. The second-order valence-corrected chi connectivity index (χ2v) is 6.68. The first-order valence-electron chi connectivity index (χ1n) is 8.36. The van der Waals surface area contributed by atoms with E-state index in [4.69, 9.17) is 27.9 Å². The predicted molar refractivity (Wildman–Crippen MR) is 103 cm³/mol. The summed E-state index contributed by atoms with van der Waals surface area (Å²) in [6.07, 6.45) is -4.71. The topological polar surface area (TPSA) is 56.1 Å². The largest absolute Gasteiger partial charge is 0.437 e. The zero-order valence-corrected chi connectivity index (χ0v) is 16.2. The van der Waals surface area contributed by atoms with Gasteiger partial charge in [0.1, 0.15) is 0 Å². The fourth-order valence-corrected chi connectivity index (χ4v) is 3.22. The molecule has 1 N–H and O–H groups in total. The molecule has 0 aliphatic carbocycles. The Morgan fingerprint density at radius 1 is 1.07 bits per heavy atom. The van der Waals surface area contributed by atoms with Gasteiger partial charge in [-0.1, -0.05) is 47.5 Å². The van der Waals surface area contributed by atoms with E-state index in [1.807, 2.05) is 0 Å². The minimum absolute atomic E-state index is 0.0659. The Morgan fingerprint density at radius 2 is 1.72 bits per heavy atom. The van der Waals surface area contributed by atoms with Crippen LogP contribution >= 0.6 is 23.2 Å². The molecule has 1 amide bonds. The minimum atomic E-state index is -4.78. The van der Waals surface area contributed by atoms with E-state index in [0.717, 1.165) is 6.20 Å². The fourth-order valence-electron chi connectivity index (χ4n) is 2.63. The second kappa shape index (κ2) is 8.75. The van der Waals surface area contributed by atoms with Crippen molar-refractivity contribution >= 4 is 29.3 Å². The molecule has 29 heavy (non-hydrogen) atoms. The quantitative estimate of drug-likeness (QED) is 0.563. The summed E-state index contributed by atoms with van der Waals surface area (Å²) in [5.74, 6) is -0.699. The van der Waals surface area contributed by atoms with Crippen LogP contribution < -0.4 is 10.1 Å². The molecule has 1 heterocycles. The van der Waals surface area contributed by atoms with Crippen LogP contribution in [-0.2, 0) is 12.6 Å². The number of nitrogens with one attached hydrogen (secondary N) is 1. The number of aromatic nitrogens is 2. The molecular formula is C19H14Cl2F3N3O2. The lowest BCUT2D eigenvalue weighted by atomic mass is 10.1. The van der Waals surface area contributed by atoms with Gasteiger partial charge in [-0.3, -0.25) is 0 Å². The Hall–Kier alpha value is -2.71. The molecule has 0 bridgehead atoms. The van der Waals surface area contributed by atoms with Gasteiger partial charge in [-0.15, -0.1) is 0 Å². The molecule has 0 saturated carbocycles. The molecule has 0 aliphatic rings. The number of nitrogens with zero attached hydrogens (tertiary/aromatic N) is 2. The lowest BCUT2D eigenvalue weighted by Gasteiger charge is -2.13. The molecule has 0 saturated heterocycles. The summed E-state index contributed by atoms with van der Waals surface area (Å²) in [4.78, 5) is 12.0. The highest BCUT2D eigenvalue weighted by Crippen LogP contribution is 2.37. The molecule has 0 fully saturated rings. The average Bonchev–Trinajstić information content (AvgIpc) is 3.09. The van der Waals surface area contributed by atoms with Gasteiger partial charge in [0.15, 0.2) is 11.4 Å². The molecule has 0 radical (unpaired) electrons. The highest BCUT2D eigenvalue weighted by molar-refractivity contribution is 6.35. The van der Waals surface area contributed by atoms with Crippen molar-refractivity contribution < 1.29 is 22.7 Å². The molecule has 2 aromatic carbocycles. The summed E-state index contributed by atoms with van der Waals surface area (Å²) >= 11 is 12.1. The fraction of sp³-hybridized carbons (Fsp3) is 0.158. The molecule has 152 valence electrons. The van der Waals surface area contributed by atoms with E-state index >= 15 is 0 Å². The zero-order valence-electron chi connectivity index (χ0n) is 14.7. The van der Waals surface area contributed by atoms with Crippen LogP contribution in [0.25, 0.3) is 5.69 Å². The SMILES string of the molecule is O=C(NCCc1c(Cl)cccc1Cl)Oc1cnn(-c2ccccc2)c1C(F)(F)F. The van der Waals surface area contributed by atoms with Gasteiger partial charge in [-0.05, 0) is 36.2 Å². The first-order chi connectivity index (χ1) is 13.8. The number of benzene rings is 2. The molecular weight excluding hydrogens is 430 g/mol. The number of para-hydroxylation sites is 1. The predicted octanol–water partition coefficient (Wildman–Crippen LogP) is 5.53. The molecule has 0 spiro atoms. The van der Waals surface area contributed by atoms with E-state index in [2.05, 4.69) is 10.4 Å². The van der Waals surface area contributed by atoms with Crippen molar-refractivity contribution in [2.45, 2.75) is 12.6 Å². The Labute approximate surface area is 174 Å². The highest BCUT2D eigenvalue weighted by Gasteiger charge is 2.40. The normalized spacial score (nSPS) is 11.3. The van der Waals surface area contributed by atoms with E-state index in [0.29, 0.717) is 20.3 Å². The number of ether oxygens (including phenoxy) is 1. The third-order valence-electron chi connectivity index (χ3n) is 3.91. The summed E-state index contributed by atoms with van der Waals surface area (Å²) in [6, 6.07) is 12.7. The Bertz CT molecular complexity index is 987. The Morgan fingerprint density at radius 3 is 2.34 bits per heavy atom. The van der Waals surface area contributed by atoms with Crippen molar-refractivity contribution in [3.8, 4) is 11.4 Å². The summed E-state index contributed by atoms with van der Waals surface area (Å²) in [5.41, 5.74) is -0.388. The van der Waals surface area contributed by atoms with Crippen molar-refractivity contribution in [2.24, 2.45) is 0 Å². The smallest absolute Gasteiger partial charge is 0.406 e. The third kappa shape index (κ3) is 5.02. The first kappa shape index (κ1) is 21.0.